The molecule has 4 nitrogen and oxygen atoms in total. The predicted octanol–water partition coefficient (Wildman–Crippen LogP) is 2.51. The quantitative estimate of drug-likeness (QED) is 0.904. The number of amides is 1. The average Bonchev–Trinajstić information content (AvgIpc) is 3.08. The molecule has 1 aromatic carbocycles. The molecule has 1 aliphatic carbocycles. The van der Waals surface area contributed by atoms with Crippen molar-refractivity contribution < 1.29 is 9.18 Å². The molecular weight excluding hydrogens is 265 g/mol. The highest BCUT2D eigenvalue weighted by Gasteiger charge is 2.25. The van der Waals surface area contributed by atoms with Gasteiger partial charge >= 0.3 is 0 Å². The van der Waals surface area contributed by atoms with E-state index in [1.54, 1.807) is 13.0 Å². The van der Waals surface area contributed by atoms with Gasteiger partial charge in [0.1, 0.15) is 11.9 Å². The van der Waals surface area contributed by atoms with Gasteiger partial charge in [0, 0.05) is 12.1 Å². The van der Waals surface area contributed by atoms with Crippen LogP contribution < -0.4 is 10.6 Å². The number of aromatic nitrogens is 1. The summed E-state index contributed by atoms with van der Waals surface area (Å²) in [6, 6.07) is 4.51. The van der Waals surface area contributed by atoms with E-state index in [0.717, 1.165) is 17.5 Å². The van der Waals surface area contributed by atoms with Crippen LogP contribution in [0.4, 0.5) is 9.52 Å². The van der Waals surface area contributed by atoms with E-state index in [1.165, 1.54) is 23.5 Å². The molecule has 0 aliphatic heterocycles. The van der Waals surface area contributed by atoms with Crippen LogP contribution >= 0.6 is 11.3 Å². The molecule has 1 amide bonds. The smallest absolute Gasteiger partial charge is 0.242 e. The Morgan fingerprint density at radius 1 is 1.53 bits per heavy atom. The highest BCUT2D eigenvalue weighted by atomic mass is 32.1. The van der Waals surface area contributed by atoms with Crippen molar-refractivity contribution in [1.82, 2.24) is 10.3 Å². The molecule has 2 aromatic rings. The Morgan fingerprint density at radius 3 is 3.05 bits per heavy atom. The van der Waals surface area contributed by atoms with Crippen LogP contribution in [0.15, 0.2) is 18.2 Å². The molecule has 1 heterocycles. The van der Waals surface area contributed by atoms with E-state index in [1.807, 2.05) is 0 Å². The lowest BCUT2D eigenvalue weighted by Gasteiger charge is -2.12. The number of nitrogens with zero attached hydrogens (tertiary/aromatic N) is 1. The Hall–Kier alpha value is -1.69. The first-order chi connectivity index (χ1) is 9.11. The van der Waals surface area contributed by atoms with Gasteiger partial charge in [-0.05, 0) is 31.9 Å². The molecule has 2 N–H and O–H groups in total. The molecular formula is C13H14FN3OS. The van der Waals surface area contributed by atoms with Gasteiger partial charge in [-0.15, -0.1) is 0 Å². The molecule has 0 spiro atoms. The van der Waals surface area contributed by atoms with Crippen LogP contribution in [0.2, 0.25) is 0 Å². The minimum Gasteiger partial charge on any atom is -0.352 e. The van der Waals surface area contributed by atoms with Crippen LogP contribution in [0.1, 0.15) is 19.8 Å². The van der Waals surface area contributed by atoms with Crippen molar-refractivity contribution in [3.05, 3.63) is 24.0 Å². The predicted molar refractivity (Wildman–Crippen MR) is 73.8 cm³/mol. The summed E-state index contributed by atoms with van der Waals surface area (Å²) in [7, 11) is 0. The van der Waals surface area contributed by atoms with Gasteiger partial charge in [0.25, 0.3) is 0 Å². The first kappa shape index (κ1) is 12.3. The maximum atomic E-state index is 13.1. The van der Waals surface area contributed by atoms with Crippen molar-refractivity contribution in [2.24, 2.45) is 0 Å². The van der Waals surface area contributed by atoms with E-state index >= 15 is 0 Å². The summed E-state index contributed by atoms with van der Waals surface area (Å²) in [5.41, 5.74) is 0.613. The summed E-state index contributed by atoms with van der Waals surface area (Å²) in [5, 5.41) is 6.63. The average molecular weight is 279 g/mol. The number of nitrogens with one attached hydrogen (secondary N) is 2. The molecule has 1 atom stereocenters. The minimum absolute atomic E-state index is 0.0204. The maximum absolute atomic E-state index is 13.1. The SMILES string of the molecule is CC(Nc1nc2cc(F)ccc2s1)C(=O)NC1CC1. The molecule has 6 heteroatoms. The molecule has 0 saturated heterocycles. The molecule has 100 valence electrons. The van der Waals surface area contributed by atoms with Gasteiger partial charge in [-0.25, -0.2) is 9.37 Å². The fraction of sp³-hybridized carbons (Fsp3) is 0.385. The number of hydrogen-bond acceptors (Lipinski definition) is 4. The zero-order chi connectivity index (χ0) is 13.4. The standard InChI is InChI=1S/C13H14FN3OS/c1-7(12(18)16-9-3-4-9)15-13-17-10-6-8(14)2-5-11(10)19-13/h2,5-7,9H,3-4H2,1H3,(H,15,17)(H,16,18). The van der Waals surface area contributed by atoms with Crippen LogP contribution in [0.3, 0.4) is 0 Å². The Labute approximate surface area is 114 Å². The number of halogens is 1. The van der Waals surface area contributed by atoms with Gasteiger partial charge in [-0.3, -0.25) is 4.79 Å². The number of thiazole rings is 1. The first-order valence-electron chi connectivity index (χ1n) is 6.25. The summed E-state index contributed by atoms with van der Waals surface area (Å²) in [5.74, 6) is -0.322. The number of anilines is 1. The summed E-state index contributed by atoms with van der Waals surface area (Å²) in [6.45, 7) is 1.80. The van der Waals surface area contributed by atoms with Crippen molar-refractivity contribution in [2.75, 3.05) is 5.32 Å². The zero-order valence-corrected chi connectivity index (χ0v) is 11.3. The van der Waals surface area contributed by atoms with Gasteiger partial charge in [0.2, 0.25) is 5.91 Å². The minimum atomic E-state index is -0.342. The lowest BCUT2D eigenvalue weighted by molar-refractivity contribution is -0.121. The van der Waals surface area contributed by atoms with Gasteiger partial charge in [-0.1, -0.05) is 11.3 Å². The number of hydrogen-bond donors (Lipinski definition) is 2. The van der Waals surface area contributed by atoms with Crippen LogP contribution in [0.5, 0.6) is 0 Å². The number of rotatable bonds is 4. The molecule has 1 aromatic heterocycles. The van der Waals surface area contributed by atoms with Crippen LogP contribution in [-0.2, 0) is 4.79 Å². The summed E-state index contributed by atoms with van der Waals surface area (Å²) in [6.07, 6.45) is 2.14. The van der Waals surface area contributed by atoms with Gasteiger partial charge in [0.05, 0.1) is 10.2 Å². The van der Waals surface area contributed by atoms with E-state index in [4.69, 9.17) is 0 Å². The summed E-state index contributed by atoms with van der Waals surface area (Å²) in [4.78, 5) is 16.1. The summed E-state index contributed by atoms with van der Waals surface area (Å²) < 4.78 is 14.0. The first-order valence-corrected chi connectivity index (χ1v) is 7.06. The second-order valence-electron chi connectivity index (χ2n) is 4.78. The molecule has 1 saturated carbocycles. The number of benzene rings is 1. The second kappa shape index (κ2) is 4.77. The van der Waals surface area contributed by atoms with Crippen molar-refractivity contribution in [1.29, 1.82) is 0 Å². The van der Waals surface area contributed by atoms with Crippen LogP contribution in [-0.4, -0.2) is 23.0 Å². The number of carbonyl (C=O) groups excluding carboxylic acids is 1. The van der Waals surface area contributed by atoms with Crippen molar-refractivity contribution in [3.8, 4) is 0 Å². The number of carbonyl (C=O) groups is 1. The third-order valence-corrected chi connectivity index (χ3v) is 3.97. The monoisotopic (exact) mass is 279 g/mol. The fourth-order valence-corrected chi connectivity index (χ4v) is 2.70. The Balaban J connectivity index is 1.71. The molecule has 1 aliphatic rings. The Bertz CT molecular complexity index is 623. The van der Waals surface area contributed by atoms with Crippen LogP contribution in [0, 0.1) is 5.82 Å². The lowest BCUT2D eigenvalue weighted by Crippen LogP contribution is -2.38. The van der Waals surface area contributed by atoms with E-state index in [2.05, 4.69) is 15.6 Å². The van der Waals surface area contributed by atoms with Crippen molar-refractivity contribution in [2.45, 2.75) is 31.8 Å². The van der Waals surface area contributed by atoms with Gasteiger partial charge in [0.15, 0.2) is 5.13 Å². The molecule has 3 rings (SSSR count). The number of fused-ring (bicyclic) bond motifs is 1. The molecule has 0 radical (unpaired) electrons. The van der Waals surface area contributed by atoms with Gasteiger partial charge in [-0.2, -0.15) is 0 Å². The van der Waals surface area contributed by atoms with Crippen molar-refractivity contribution >= 4 is 32.6 Å². The molecule has 19 heavy (non-hydrogen) atoms. The largest absolute Gasteiger partial charge is 0.352 e. The normalized spacial score (nSPS) is 16.3. The third-order valence-electron chi connectivity index (χ3n) is 3.01. The maximum Gasteiger partial charge on any atom is 0.242 e. The highest BCUT2D eigenvalue weighted by molar-refractivity contribution is 7.22. The summed E-state index contributed by atoms with van der Waals surface area (Å²) >= 11 is 1.42. The second-order valence-corrected chi connectivity index (χ2v) is 5.81. The van der Waals surface area contributed by atoms with Crippen LogP contribution in [0.25, 0.3) is 10.2 Å². The Morgan fingerprint density at radius 2 is 2.32 bits per heavy atom. The van der Waals surface area contributed by atoms with E-state index < -0.39 is 0 Å². The van der Waals surface area contributed by atoms with E-state index in [0.29, 0.717) is 16.7 Å². The highest BCUT2D eigenvalue weighted by Crippen LogP contribution is 2.27. The fourth-order valence-electron chi connectivity index (χ4n) is 1.77. The zero-order valence-electron chi connectivity index (χ0n) is 10.4. The van der Waals surface area contributed by atoms with Crippen molar-refractivity contribution in [3.63, 3.8) is 0 Å². The lowest BCUT2D eigenvalue weighted by atomic mass is 10.3. The molecule has 1 unspecified atom stereocenters. The molecule has 1 fully saturated rings. The molecule has 0 bridgehead atoms. The van der Waals surface area contributed by atoms with Gasteiger partial charge < -0.3 is 10.6 Å². The van der Waals surface area contributed by atoms with E-state index in [9.17, 15) is 9.18 Å². The third kappa shape index (κ3) is 2.84. The van der Waals surface area contributed by atoms with E-state index in [-0.39, 0.29) is 17.8 Å². The Kier molecular flexibility index (Phi) is 3.10. The topological polar surface area (TPSA) is 54.0 Å².